The van der Waals surface area contributed by atoms with Gasteiger partial charge in [-0.05, 0) is 61.7 Å². The Bertz CT molecular complexity index is 334. The second kappa shape index (κ2) is 2.70. The molecule has 0 heteroatoms. The molecule has 0 spiro atoms. The average Bonchev–Trinajstić information content (AvgIpc) is 2.59. The van der Waals surface area contributed by atoms with Crippen molar-refractivity contribution >= 4 is 0 Å². The van der Waals surface area contributed by atoms with Crippen LogP contribution in [0.5, 0.6) is 0 Å². The van der Waals surface area contributed by atoms with Crippen LogP contribution in [0, 0.1) is 22.7 Å². The van der Waals surface area contributed by atoms with Gasteiger partial charge in [-0.3, -0.25) is 0 Å². The van der Waals surface area contributed by atoms with Crippen molar-refractivity contribution in [2.45, 2.75) is 59.8 Å². The summed E-state index contributed by atoms with van der Waals surface area (Å²) in [5, 5.41) is 0. The highest BCUT2D eigenvalue weighted by atomic mass is 14.6. The molecule has 15 heavy (non-hydrogen) atoms. The van der Waals surface area contributed by atoms with Crippen LogP contribution in [0.15, 0.2) is 11.1 Å². The van der Waals surface area contributed by atoms with Gasteiger partial charge < -0.3 is 0 Å². The molecule has 0 N–H and O–H groups in total. The zero-order valence-corrected chi connectivity index (χ0v) is 10.7. The van der Waals surface area contributed by atoms with E-state index in [1.54, 1.807) is 5.57 Å². The van der Waals surface area contributed by atoms with Crippen molar-refractivity contribution in [2.24, 2.45) is 22.7 Å². The van der Waals surface area contributed by atoms with Gasteiger partial charge in [0.25, 0.3) is 0 Å². The van der Waals surface area contributed by atoms with Crippen LogP contribution in [0.2, 0.25) is 0 Å². The number of hydrogen-bond donors (Lipinski definition) is 0. The largest absolute Gasteiger partial charge is 0.0738 e. The first-order valence-corrected chi connectivity index (χ1v) is 6.61. The van der Waals surface area contributed by atoms with Crippen LogP contribution in [0.25, 0.3) is 0 Å². The molecule has 0 nitrogen and oxygen atoms in total. The van der Waals surface area contributed by atoms with Gasteiger partial charge in [0.2, 0.25) is 0 Å². The molecule has 0 aromatic heterocycles. The van der Waals surface area contributed by atoms with E-state index in [-0.39, 0.29) is 0 Å². The SMILES string of the molecule is CC1=C2CC(C)(C)C[C@@H]3C[C@]3(C)[C@H]2CC1. The van der Waals surface area contributed by atoms with Gasteiger partial charge in [0.05, 0.1) is 0 Å². The third kappa shape index (κ3) is 1.33. The van der Waals surface area contributed by atoms with Crippen molar-refractivity contribution in [2.75, 3.05) is 0 Å². The molecule has 0 heterocycles. The minimum atomic E-state index is 0.568. The topological polar surface area (TPSA) is 0 Å². The maximum Gasteiger partial charge on any atom is -0.0141 e. The van der Waals surface area contributed by atoms with E-state index in [2.05, 4.69) is 27.7 Å². The lowest BCUT2D eigenvalue weighted by atomic mass is 9.79. The van der Waals surface area contributed by atoms with Crippen LogP contribution in [-0.4, -0.2) is 0 Å². The van der Waals surface area contributed by atoms with Gasteiger partial charge in [0.15, 0.2) is 0 Å². The smallest absolute Gasteiger partial charge is 0.0141 e. The predicted molar refractivity (Wildman–Crippen MR) is 64.7 cm³/mol. The number of allylic oxidation sites excluding steroid dienone is 2. The van der Waals surface area contributed by atoms with Gasteiger partial charge in [0, 0.05) is 0 Å². The van der Waals surface area contributed by atoms with Gasteiger partial charge in [-0.15, -0.1) is 0 Å². The first-order valence-electron chi connectivity index (χ1n) is 6.61. The van der Waals surface area contributed by atoms with E-state index in [0.717, 1.165) is 11.8 Å². The Balaban J connectivity index is 2.01. The molecule has 0 bridgehead atoms. The summed E-state index contributed by atoms with van der Waals surface area (Å²) in [7, 11) is 0. The summed E-state index contributed by atoms with van der Waals surface area (Å²) < 4.78 is 0. The summed E-state index contributed by atoms with van der Waals surface area (Å²) in [5.74, 6) is 2.00. The maximum atomic E-state index is 2.56. The molecule has 2 saturated carbocycles. The summed E-state index contributed by atoms with van der Waals surface area (Å²) in [6.45, 7) is 9.90. The second-order valence-corrected chi connectivity index (χ2v) is 7.35. The fraction of sp³-hybridized carbons (Fsp3) is 0.867. The molecular formula is C15H24. The van der Waals surface area contributed by atoms with Crippen LogP contribution in [0.1, 0.15) is 59.8 Å². The standard InChI is InChI=1S/C15H24/c1-10-5-6-13-12(10)9-14(2,3)7-11-8-15(11,13)4/h11,13H,5-9H2,1-4H3/t11-,13+,15+/m1/s1. The Morgan fingerprint density at radius 1 is 1.13 bits per heavy atom. The summed E-state index contributed by atoms with van der Waals surface area (Å²) in [4.78, 5) is 0. The van der Waals surface area contributed by atoms with Gasteiger partial charge in [-0.25, -0.2) is 0 Å². The Kier molecular flexibility index (Phi) is 1.79. The summed E-state index contributed by atoms with van der Waals surface area (Å²) in [6, 6.07) is 0. The van der Waals surface area contributed by atoms with Crippen molar-refractivity contribution in [3.63, 3.8) is 0 Å². The van der Waals surface area contributed by atoms with Crippen molar-refractivity contribution in [1.29, 1.82) is 0 Å². The maximum absolute atomic E-state index is 2.56. The summed E-state index contributed by atoms with van der Waals surface area (Å²) >= 11 is 0. The van der Waals surface area contributed by atoms with E-state index in [0.29, 0.717) is 10.8 Å². The lowest BCUT2D eigenvalue weighted by Gasteiger charge is -2.26. The fourth-order valence-corrected chi connectivity index (χ4v) is 4.45. The van der Waals surface area contributed by atoms with E-state index in [9.17, 15) is 0 Å². The van der Waals surface area contributed by atoms with Crippen LogP contribution in [0.4, 0.5) is 0 Å². The van der Waals surface area contributed by atoms with Crippen molar-refractivity contribution in [3.8, 4) is 0 Å². The quantitative estimate of drug-likeness (QED) is 0.507. The molecule has 0 saturated heterocycles. The molecule has 0 radical (unpaired) electrons. The van der Waals surface area contributed by atoms with E-state index in [1.807, 2.05) is 5.57 Å². The molecule has 3 atom stereocenters. The second-order valence-electron chi connectivity index (χ2n) is 7.35. The number of fused-ring (bicyclic) bond motifs is 3. The van der Waals surface area contributed by atoms with E-state index in [4.69, 9.17) is 0 Å². The van der Waals surface area contributed by atoms with Crippen LogP contribution < -0.4 is 0 Å². The molecule has 0 aliphatic heterocycles. The zero-order valence-electron chi connectivity index (χ0n) is 10.7. The third-order valence-electron chi connectivity index (χ3n) is 5.50. The molecule has 3 rings (SSSR count). The number of rotatable bonds is 0. The highest BCUT2D eigenvalue weighted by molar-refractivity contribution is 5.30. The van der Waals surface area contributed by atoms with E-state index in [1.165, 1.54) is 32.1 Å². The highest BCUT2D eigenvalue weighted by Gasteiger charge is 2.59. The monoisotopic (exact) mass is 204 g/mol. The number of hydrogen-bond acceptors (Lipinski definition) is 0. The van der Waals surface area contributed by atoms with Crippen LogP contribution >= 0.6 is 0 Å². The molecule has 0 amide bonds. The Morgan fingerprint density at radius 2 is 1.87 bits per heavy atom. The van der Waals surface area contributed by atoms with Gasteiger partial charge in [0.1, 0.15) is 0 Å². The Morgan fingerprint density at radius 3 is 2.60 bits per heavy atom. The lowest BCUT2D eigenvalue weighted by molar-refractivity contribution is 0.307. The van der Waals surface area contributed by atoms with Crippen molar-refractivity contribution in [3.05, 3.63) is 11.1 Å². The average molecular weight is 204 g/mol. The molecule has 3 aliphatic carbocycles. The third-order valence-corrected chi connectivity index (χ3v) is 5.50. The zero-order chi connectivity index (χ0) is 10.8. The molecule has 3 aliphatic rings. The molecule has 84 valence electrons. The first kappa shape index (κ1) is 9.93. The first-order chi connectivity index (χ1) is 6.92. The summed E-state index contributed by atoms with van der Waals surface area (Å²) in [5.41, 5.74) is 4.88. The molecular weight excluding hydrogens is 180 g/mol. The van der Waals surface area contributed by atoms with Crippen molar-refractivity contribution in [1.82, 2.24) is 0 Å². The van der Waals surface area contributed by atoms with Crippen LogP contribution in [0.3, 0.4) is 0 Å². The van der Waals surface area contributed by atoms with Gasteiger partial charge in [-0.2, -0.15) is 0 Å². The molecule has 2 fully saturated rings. The normalized spacial score (nSPS) is 47.2. The molecule has 0 unspecified atom stereocenters. The van der Waals surface area contributed by atoms with Gasteiger partial charge in [-0.1, -0.05) is 31.9 Å². The fourth-order valence-electron chi connectivity index (χ4n) is 4.45. The van der Waals surface area contributed by atoms with Gasteiger partial charge >= 0.3 is 0 Å². The van der Waals surface area contributed by atoms with E-state index >= 15 is 0 Å². The van der Waals surface area contributed by atoms with E-state index < -0.39 is 0 Å². The van der Waals surface area contributed by atoms with Crippen LogP contribution in [-0.2, 0) is 0 Å². The Hall–Kier alpha value is -0.260. The molecule has 0 aromatic rings. The minimum absolute atomic E-state index is 0.568. The predicted octanol–water partition coefficient (Wildman–Crippen LogP) is 4.56. The van der Waals surface area contributed by atoms with Crippen molar-refractivity contribution < 1.29 is 0 Å². The summed E-state index contributed by atoms with van der Waals surface area (Å²) in [6.07, 6.45) is 7.22. The lowest BCUT2D eigenvalue weighted by Crippen LogP contribution is -2.14. The Labute approximate surface area is 94.1 Å². The highest BCUT2D eigenvalue weighted by Crippen LogP contribution is 2.69. The minimum Gasteiger partial charge on any atom is -0.0738 e. The molecule has 0 aromatic carbocycles.